The maximum Gasteiger partial charge on any atom is 0.0947 e. The fraction of sp³-hybridized carbons (Fsp3) is 0.179. The van der Waals surface area contributed by atoms with Crippen LogP contribution in [-0.4, -0.2) is 9.13 Å². The molecule has 3 aliphatic carbocycles. The molecule has 0 saturated heterocycles. The summed E-state index contributed by atoms with van der Waals surface area (Å²) in [5.74, 6) is 2.61. The summed E-state index contributed by atoms with van der Waals surface area (Å²) in [7, 11) is 0. The third-order valence-corrected chi connectivity index (χ3v) is 11.4. The standard InChI is InChI=1S/C41H38N2.C15H12N2/c1-4-6-15-31(42-38-20-11-7-16-34(38)35-17-8-12-21-39(35)42)25-24-29(3)33-27-26-32(28-30(33)5-2)43-40-22-13-9-18-36(40)37-19-10-14-23-41(37)43;1-3-14(7-4-12(2)10-16)15-8-5-13(11-17)6-9-15/h4,6-11,13,15-20,22,24-28H,3,5,12,14,21,23H2,1-2H3;1,4-5,7-8H,6,9H2,2H3/b6-4?,25-24-,31-15+;12-4+,14-7+. The number of aromatic nitrogens is 2. The van der Waals surface area contributed by atoms with E-state index in [0.717, 1.165) is 72.9 Å². The van der Waals surface area contributed by atoms with Crippen molar-refractivity contribution in [1.82, 2.24) is 9.13 Å². The number of nitriles is 2. The molecule has 0 amide bonds. The van der Waals surface area contributed by atoms with Crippen LogP contribution in [0.2, 0.25) is 0 Å². The molecule has 3 aromatic carbocycles. The molecule has 0 radical (unpaired) electrons. The smallest absolute Gasteiger partial charge is 0.0947 e. The molecule has 5 aromatic rings. The Labute approximate surface area is 355 Å². The lowest BCUT2D eigenvalue weighted by Gasteiger charge is -2.17. The van der Waals surface area contributed by atoms with Crippen molar-refractivity contribution in [2.24, 2.45) is 0 Å². The molecule has 294 valence electrons. The number of allylic oxidation sites excluding steroid dienone is 17. The average Bonchev–Trinajstić information content (AvgIpc) is 3.82. The minimum atomic E-state index is 0.613. The summed E-state index contributed by atoms with van der Waals surface area (Å²) in [6.45, 7) is 10.6. The van der Waals surface area contributed by atoms with Gasteiger partial charge in [-0.1, -0.05) is 110 Å². The summed E-state index contributed by atoms with van der Waals surface area (Å²) >= 11 is 0. The highest BCUT2D eigenvalue weighted by molar-refractivity contribution is 5.96. The Kier molecular flexibility index (Phi) is 12.9. The van der Waals surface area contributed by atoms with Gasteiger partial charge in [0.25, 0.3) is 0 Å². The number of hydrogen-bond acceptors (Lipinski definition) is 2. The van der Waals surface area contributed by atoms with Crippen molar-refractivity contribution in [3.8, 4) is 30.2 Å². The largest absolute Gasteiger partial charge is 0.313 e. The van der Waals surface area contributed by atoms with Gasteiger partial charge < -0.3 is 9.13 Å². The first-order valence-corrected chi connectivity index (χ1v) is 20.9. The van der Waals surface area contributed by atoms with Crippen LogP contribution >= 0.6 is 0 Å². The molecule has 2 heterocycles. The van der Waals surface area contributed by atoms with Crippen molar-refractivity contribution in [2.75, 3.05) is 0 Å². The van der Waals surface area contributed by atoms with E-state index in [1.54, 1.807) is 25.2 Å². The van der Waals surface area contributed by atoms with Crippen LogP contribution in [0.1, 0.15) is 80.1 Å². The molecule has 0 spiro atoms. The molecule has 0 bridgehead atoms. The Hall–Kier alpha value is -7.32. The van der Waals surface area contributed by atoms with Crippen molar-refractivity contribution in [3.05, 3.63) is 196 Å². The second-order valence-electron chi connectivity index (χ2n) is 15.2. The number of nitrogens with zero attached hydrogens (tertiary/aromatic N) is 4. The van der Waals surface area contributed by atoms with Crippen LogP contribution in [0.3, 0.4) is 0 Å². The van der Waals surface area contributed by atoms with Crippen LogP contribution in [0.4, 0.5) is 0 Å². The van der Waals surface area contributed by atoms with Crippen molar-refractivity contribution in [3.63, 3.8) is 0 Å². The molecule has 60 heavy (non-hydrogen) atoms. The SMILES string of the molecule is C#C/C(=C\C=C(/C)C#N)C1=CC=C(C#N)CC1.C=C(/C=C\C(=C/C=CC)n1c2c(c3ccccc31)C=CCC2)c1ccc(-n2c3c(c4ccccc42)C=CCC3)cc1CC. The number of terminal acetylenes is 1. The van der Waals surface area contributed by atoms with Crippen LogP contribution in [0.15, 0.2) is 162 Å². The predicted octanol–water partition coefficient (Wildman–Crippen LogP) is 13.9. The van der Waals surface area contributed by atoms with Crippen LogP contribution in [-0.2, 0) is 19.3 Å². The van der Waals surface area contributed by atoms with E-state index >= 15 is 0 Å². The van der Waals surface area contributed by atoms with E-state index in [4.69, 9.17) is 16.9 Å². The van der Waals surface area contributed by atoms with Gasteiger partial charge in [0.05, 0.1) is 23.2 Å². The van der Waals surface area contributed by atoms with Gasteiger partial charge in [-0.3, -0.25) is 0 Å². The van der Waals surface area contributed by atoms with E-state index < -0.39 is 0 Å². The van der Waals surface area contributed by atoms with E-state index in [9.17, 15) is 0 Å². The molecule has 4 heteroatoms. The molecule has 0 N–H and O–H groups in total. The second-order valence-corrected chi connectivity index (χ2v) is 15.2. The van der Waals surface area contributed by atoms with Crippen molar-refractivity contribution >= 4 is 45.2 Å². The molecule has 2 aromatic heterocycles. The van der Waals surface area contributed by atoms with E-state index in [1.807, 2.05) is 12.1 Å². The second kappa shape index (κ2) is 19.0. The normalized spacial score (nSPS) is 15.2. The van der Waals surface area contributed by atoms with Gasteiger partial charge in [0.1, 0.15) is 0 Å². The molecule has 3 aliphatic rings. The lowest BCUT2D eigenvalue weighted by molar-refractivity contribution is 0.887. The molecule has 8 rings (SSSR count). The Bertz CT molecular complexity index is 2910. The molecule has 0 aliphatic heterocycles. The molecule has 0 fully saturated rings. The Morgan fingerprint density at radius 1 is 0.817 bits per heavy atom. The zero-order valence-corrected chi connectivity index (χ0v) is 34.9. The lowest BCUT2D eigenvalue weighted by atomic mass is 9.93. The van der Waals surface area contributed by atoms with Crippen molar-refractivity contribution < 1.29 is 0 Å². The fourth-order valence-corrected chi connectivity index (χ4v) is 8.38. The van der Waals surface area contributed by atoms with Gasteiger partial charge in [0.2, 0.25) is 0 Å². The minimum absolute atomic E-state index is 0.613. The van der Waals surface area contributed by atoms with Crippen LogP contribution in [0.5, 0.6) is 0 Å². The third-order valence-electron chi connectivity index (χ3n) is 11.4. The zero-order chi connectivity index (χ0) is 42.0. The van der Waals surface area contributed by atoms with Crippen molar-refractivity contribution in [1.29, 1.82) is 10.5 Å². The first-order valence-electron chi connectivity index (χ1n) is 20.9. The van der Waals surface area contributed by atoms with Gasteiger partial charge in [-0.2, -0.15) is 10.5 Å². The first kappa shape index (κ1) is 40.9. The highest BCUT2D eigenvalue weighted by Gasteiger charge is 2.20. The lowest BCUT2D eigenvalue weighted by Crippen LogP contribution is -2.04. The van der Waals surface area contributed by atoms with Gasteiger partial charge in [-0.15, -0.1) is 6.42 Å². The molecule has 0 saturated carbocycles. The summed E-state index contributed by atoms with van der Waals surface area (Å²) in [5, 5.41) is 20.0. The van der Waals surface area contributed by atoms with Crippen LogP contribution < -0.4 is 0 Å². The summed E-state index contributed by atoms with van der Waals surface area (Å²) in [6.07, 6.45) is 39.4. The van der Waals surface area contributed by atoms with Crippen LogP contribution in [0, 0.1) is 35.0 Å². The van der Waals surface area contributed by atoms with E-state index in [1.165, 1.54) is 61.1 Å². The van der Waals surface area contributed by atoms with Gasteiger partial charge in [0, 0.05) is 61.4 Å². The summed E-state index contributed by atoms with van der Waals surface area (Å²) in [5.41, 5.74) is 17.2. The minimum Gasteiger partial charge on any atom is -0.313 e. The quantitative estimate of drug-likeness (QED) is 0.0850. The van der Waals surface area contributed by atoms with Crippen LogP contribution in [0.25, 0.3) is 50.9 Å². The Morgan fingerprint density at radius 3 is 2.18 bits per heavy atom. The van der Waals surface area contributed by atoms with E-state index in [0.29, 0.717) is 5.57 Å². The summed E-state index contributed by atoms with van der Waals surface area (Å²) < 4.78 is 4.92. The van der Waals surface area contributed by atoms with Crippen molar-refractivity contribution in [2.45, 2.75) is 65.7 Å². The van der Waals surface area contributed by atoms with Gasteiger partial charge in [-0.05, 0) is 136 Å². The fourth-order valence-electron chi connectivity index (χ4n) is 8.38. The Morgan fingerprint density at radius 2 is 1.52 bits per heavy atom. The molecule has 0 unspecified atom stereocenters. The number of aryl methyl sites for hydroxylation is 1. The number of fused-ring (bicyclic) bond motifs is 6. The molecule has 4 nitrogen and oxygen atoms in total. The number of benzene rings is 3. The topological polar surface area (TPSA) is 57.4 Å². The van der Waals surface area contributed by atoms with Gasteiger partial charge in [0.15, 0.2) is 0 Å². The monoisotopic (exact) mass is 778 g/mol. The molecule has 0 atom stereocenters. The van der Waals surface area contributed by atoms with E-state index in [-0.39, 0.29) is 0 Å². The Balaban J connectivity index is 0.000000270. The molecular weight excluding hydrogens is 729 g/mol. The van der Waals surface area contributed by atoms with Gasteiger partial charge in [-0.25, -0.2) is 0 Å². The predicted molar refractivity (Wildman–Crippen MR) is 254 cm³/mol. The maximum absolute atomic E-state index is 8.73. The summed E-state index contributed by atoms with van der Waals surface area (Å²) in [6, 6.07) is 28.6. The summed E-state index contributed by atoms with van der Waals surface area (Å²) in [4.78, 5) is 0. The van der Waals surface area contributed by atoms with E-state index in [2.05, 4.69) is 163 Å². The number of rotatable bonds is 9. The average molecular weight is 779 g/mol. The first-order chi connectivity index (χ1) is 29.4. The number of para-hydroxylation sites is 2. The molecular formula is C56H50N4. The van der Waals surface area contributed by atoms with Gasteiger partial charge >= 0.3 is 0 Å². The highest BCUT2D eigenvalue weighted by Crippen LogP contribution is 2.37. The number of hydrogen-bond donors (Lipinski definition) is 0. The third kappa shape index (κ3) is 8.45. The zero-order valence-electron chi connectivity index (χ0n) is 34.9. The highest BCUT2D eigenvalue weighted by atomic mass is 15.0. The maximum atomic E-state index is 8.73.